The van der Waals surface area contributed by atoms with Gasteiger partial charge in [0.25, 0.3) is 5.78 Å². The highest BCUT2D eigenvalue weighted by Gasteiger charge is 2.20. The van der Waals surface area contributed by atoms with Gasteiger partial charge in [-0.05, 0) is 18.6 Å². The third kappa shape index (κ3) is 1.75. The van der Waals surface area contributed by atoms with Gasteiger partial charge in [0.15, 0.2) is 0 Å². The van der Waals surface area contributed by atoms with Crippen molar-refractivity contribution < 1.29 is 0 Å². The van der Waals surface area contributed by atoms with Crippen LogP contribution in [0.2, 0.25) is 5.15 Å². The quantitative estimate of drug-likeness (QED) is 0.740. The third-order valence-corrected chi connectivity index (χ3v) is 4.33. The SMILES string of the molecule is CN(C)c1nc2nc3c(c(Cl)n2n1)SCCC3. The summed E-state index contributed by atoms with van der Waals surface area (Å²) in [7, 11) is 3.80. The lowest BCUT2D eigenvalue weighted by Gasteiger charge is -2.14. The second-order valence-corrected chi connectivity index (χ2v) is 5.61. The number of fused-ring (bicyclic) bond motifs is 2. The maximum atomic E-state index is 6.36. The summed E-state index contributed by atoms with van der Waals surface area (Å²) in [6, 6.07) is 0. The fourth-order valence-corrected chi connectivity index (χ4v) is 3.20. The normalized spacial score (nSPS) is 15.0. The fourth-order valence-electron chi connectivity index (χ4n) is 1.80. The van der Waals surface area contributed by atoms with Crippen molar-refractivity contribution in [1.29, 1.82) is 0 Å². The van der Waals surface area contributed by atoms with Gasteiger partial charge in [0.05, 0.1) is 10.6 Å². The van der Waals surface area contributed by atoms with E-state index in [0.717, 1.165) is 29.2 Å². The molecular weight excluding hydrogens is 258 g/mol. The molecule has 0 aliphatic carbocycles. The zero-order valence-corrected chi connectivity index (χ0v) is 11.2. The molecule has 0 fully saturated rings. The smallest absolute Gasteiger partial charge is 0.255 e. The average Bonchev–Trinajstić information content (AvgIpc) is 2.74. The Morgan fingerprint density at radius 1 is 1.35 bits per heavy atom. The molecule has 90 valence electrons. The minimum absolute atomic E-state index is 0.583. The van der Waals surface area contributed by atoms with E-state index >= 15 is 0 Å². The Hall–Kier alpha value is -1.01. The van der Waals surface area contributed by atoms with E-state index in [1.165, 1.54) is 0 Å². The molecule has 0 saturated carbocycles. The van der Waals surface area contributed by atoms with E-state index in [9.17, 15) is 0 Å². The van der Waals surface area contributed by atoms with Crippen LogP contribution < -0.4 is 4.90 Å². The van der Waals surface area contributed by atoms with Crippen molar-refractivity contribution in [3.05, 3.63) is 10.8 Å². The van der Waals surface area contributed by atoms with Gasteiger partial charge in [0.1, 0.15) is 5.15 Å². The van der Waals surface area contributed by atoms with Crippen LogP contribution in [0.3, 0.4) is 0 Å². The van der Waals surface area contributed by atoms with E-state index in [1.807, 2.05) is 19.0 Å². The largest absolute Gasteiger partial charge is 0.346 e. The molecule has 0 saturated heterocycles. The molecule has 5 nitrogen and oxygen atoms in total. The van der Waals surface area contributed by atoms with Crippen molar-refractivity contribution in [2.24, 2.45) is 0 Å². The van der Waals surface area contributed by atoms with Gasteiger partial charge >= 0.3 is 0 Å². The van der Waals surface area contributed by atoms with Crippen molar-refractivity contribution in [1.82, 2.24) is 19.6 Å². The van der Waals surface area contributed by atoms with Gasteiger partial charge < -0.3 is 4.90 Å². The second kappa shape index (κ2) is 4.03. The molecule has 0 atom stereocenters. The van der Waals surface area contributed by atoms with Crippen LogP contribution >= 0.6 is 23.4 Å². The first-order valence-corrected chi connectivity index (χ1v) is 6.78. The zero-order chi connectivity index (χ0) is 12.0. The van der Waals surface area contributed by atoms with Crippen molar-refractivity contribution >= 4 is 35.1 Å². The molecule has 0 N–H and O–H groups in total. The molecule has 7 heteroatoms. The Kier molecular flexibility index (Phi) is 2.63. The van der Waals surface area contributed by atoms with E-state index < -0.39 is 0 Å². The van der Waals surface area contributed by atoms with Crippen molar-refractivity contribution in [2.75, 3.05) is 24.7 Å². The summed E-state index contributed by atoms with van der Waals surface area (Å²) in [5.74, 6) is 2.31. The van der Waals surface area contributed by atoms with Crippen LogP contribution in [0.1, 0.15) is 12.1 Å². The van der Waals surface area contributed by atoms with Crippen LogP contribution in [0.25, 0.3) is 5.78 Å². The first-order valence-electron chi connectivity index (χ1n) is 5.42. The van der Waals surface area contributed by atoms with Crippen molar-refractivity contribution in [3.8, 4) is 0 Å². The number of hydrogen-bond acceptors (Lipinski definition) is 5. The molecule has 17 heavy (non-hydrogen) atoms. The highest BCUT2D eigenvalue weighted by Crippen LogP contribution is 2.35. The summed E-state index contributed by atoms with van der Waals surface area (Å²) in [6.07, 6.45) is 2.12. The third-order valence-electron chi connectivity index (χ3n) is 2.65. The van der Waals surface area contributed by atoms with Crippen molar-refractivity contribution in [2.45, 2.75) is 17.7 Å². The molecule has 2 aromatic rings. The highest BCUT2D eigenvalue weighted by atomic mass is 35.5. The minimum atomic E-state index is 0.583. The van der Waals surface area contributed by atoms with E-state index in [-0.39, 0.29) is 0 Å². The lowest BCUT2D eigenvalue weighted by Crippen LogP contribution is -2.10. The van der Waals surface area contributed by atoms with Crippen LogP contribution in [-0.4, -0.2) is 39.4 Å². The summed E-state index contributed by atoms with van der Waals surface area (Å²) in [6.45, 7) is 0. The Balaban J connectivity index is 2.25. The van der Waals surface area contributed by atoms with Gasteiger partial charge in [-0.2, -0.15) is 9.50 Å². The molecule has 1 aliphatic heterocycles. The van der Waals surface area contributed by atoms with E-state index in [4.69, 9.17) is 11.6 Å². The van der Waals surface area contributed by atoms with Gasteiger partial charge in [-0.25, -0.2) is 4.98 Å². The number of aryl methyl sites for hydroxylation is 1. The predicted octanol–water partition coefficient (Wildman–Crippen LogP) is 1.88. The summed E-state index contributed by atoms with van der Waals surface area (Å²) in [4.78, 5) is 11.8. The number of nitrogens with zero attached hydrogens (tertiary/aromatic N) is 5. The summed E-state index contributed by atoms with van der Waals surface area (Å²) >= 11 is 8.11. The molecule has 1 aliphatic rings. The molecule has 0 amide bonds. The van der Waals surface area contributed by atoms with Gasteiger partial charge in [0, 0.05) is 14.1 Å². The van der Waals surface area contributed by atoms with Crippen LogP contribution in [0.5, 0.6) is 0 Å². The number of rotatable bonds is 1. The second-order valence-electron chi connectivity index (χ2n) is 4.15. The molecule has 2 aromatic heterocycles. The van der Waals surface area contributed by atoms with Crippen LogP contribution in [0.4, 0.5) is 5.95 Å². The Morgan fingerprint density at radius 2 is 2.18 bits per heavy atom. The van der Waals surface area contributed by atoms with E-state index in [2.05, 4.69) is 15.1 Å². The molecule has 3 heterocycles. The van der Waals surface area contributed by atoms with E-state index in [1.54, 1.807) is 16.3 Å². The number of anilines is 1. The Labute approximate surface area is 108 Å². The number of halogens is 1. The first kappa shape index (κ1) is 11.1. The van der Waals surface area contributed by atoms with Crippen LogP contribution in [0, 0.1) is 0 Å². The van der Waals surface area contributed by atoms with Crippen molar-refractivity contribution in [3.63, 3.8) is 0 Å². The monoisotopic (exact) mass is 269 g/mol. The molecule has 3 rings (SSSR count). The average molecular weight is 270 g/mol. The number of hydrogen-bond donors (Lipinski definition) is 0. The maximum absolute atomic E-state index is 6.36. The zero-order valence-electron chi connectivity index (χ0n) is 9.64. The highest BCUT2D eigenvalue weighted by molar-refractivity contribution is 7.99. The maximum Gasteiger partial charge on any atom is 0.255 e. The standard InChI is InChI=1S/C10H12ClN5S/c1-15(2)10-13-9-12-6-4-3-5-17-7(6)8(11)16(9)14-10/h3-5H2,1-2H3. The lowest BCUT2D eigenvalue weighted by molar-refractivity contribution is 0.807. The summed E-state index contributed by atoms with van der Waals surface area (Å²) in [5, 5.41) is 4.98. The Bertz CT molecular complexity index is 580. The van der Waals surface area contributed by atoms with Gasteiger partial charge in [0.2, 0.25) is 5.95 Å². The number of aromatic nitrogens is 4. The molecule has 0 radical (unpaired) electrons. The van der Waals surface area contributed by atoms with Crippen LogP contribution in [-0.2, 0) is 6.42 Å². The molecule has 0 aromatic carbocycles. The fraction of sp³-hybridized carbons (Fsp3) is 0.500. The van der Waals surface area contributed by atoms with Crippen LogP contribution in [0.15, 0.2) is 4.90 Å². The summed E-state index contributed by atoms with van der Waals surface area (Å²) < 4.78 is 1.62. The van der Waals surface area contributed by atoms with Gasteiger partial charge in [-0.15, -0.1) is 16.9 Å². The van der Waals surface area contributed by atoms with Gasteiger partial charge in [-0.1, -0.05) is 11.6 Å². The van der Waals surface area contributed by atoms with Gasteiger partial charge in [-0.3, -0.25) is 0 Å². The Morgan fingerprint density at radius 3 is 2.94 bits per heavy atom. The molecule has 0 spiro atoms. The van der Waals surface area contributed by atoms with E-state index in [0.29, 0.717) is 16.9 Å². The number of thioether (sulfide) groups is 1. The minimum Gasteiger partial charge on any atom is -0.346 e. The topological polar surface area (TPSA) is 46.3 Å². The molecule has 0 unspecified atom stereocenters. The summed E-state index contributed by atoms with van der Waals surface area (Å²) in [5.41, 5.74) is 1.05. The molecule has 0 bridgehead atoms. The predicted molar refractivity (Wildman–Crippen MR) is 69.2 cm³/mol. The first-order chi connectivity index (χ1) is 8.16. The lowest BCUT2D eigenvalue weighted by atomic mass is 10.2. The molecular formula is C10H12ClN5S.